The molecule has 1 rings (SSSR count). The summed E-state index contributed by atoms with van der Waals surface area (Å²) in [6.07, 6.45) is 1.95. The highest BCUT2D eigenvalue weighted by atomic mass is 16.4. The van der Waals surface area contributed by atoms with Crippen molar-refractivity contribution in [3.05, 3.63) is 0 Å². The second-order valence-corrected chi connectivity index (χ2v) is 6.68. The topological polar surface area (TPSA) is 137 Å². The maximum atomic E-state index is 12.0. The second kappa shape index (κ2) is 9.97. The van der Waals surface area contributed by atoms with Gasteiger partial charge < -0.3 is 26.4 Å². The molecule has 25 heavy (non-hydrogen) atoms. The molecule has 9 heteroatoms. The summed E-state index contributed by atoms with van der Waals surface area (Å²) in [4.78, 5) is 46.8. The monoisotopic (exact) mass is 356 g/mol. The van der Waals surface area contributed by atoms with Gasteiger partial charge in [0.25, 0.3) is 0 Å². The zero-order chi connectivity index (χ0) is 19.0. The Morgan fingerprint density at radius 2 is 1.84 bits per heavy atom. The minimum Gasteiger partial charge on any atom is -0.480 e. The van der Waals surface area contributed by atoms with Crippen LogP contribution in [0.25, 0.3) is 0 Å². The Morgan fingerprint density at radius 3 is 2.36 bits per heavy atom. The van der Waals surface area contributed by atoms with Crippen molar-refractivity contribution in [3.63, 3.8) is 0 Å². The second-order valence-electron chi connectivity index (χ2n) is 6.68. The predicted molar refractivity (Wildman–Crippen MR) is 90.7 cm³/mol. The molecule has 1 aliphatic rings. The van der Waals surface area contributed by atoms with E-state index in [1.54, 1.807) is 0 Å². The summed E-state index contributed by atoms with van der Waals surface area (Å²) in [7, 11) is 0. The van der Waals surface area contributed by atoms with Crippen LogP contribution in [0.3, 0.4) is 0 Å². The average molecular weight is 356 g/mol. The highest BCUT2D eigenvalue weighted by molar-refractivity contribution is 5.92. The van der Waals surface area contributed by atoms with Crippen LogP contribution in [0.4, 0.5) is 0 Å². The van der Waals surface area contributed by atoms with Crippen molar-refractivity contribution in [2.75, 3.05) is 13.1 Å². The molecule has 5 N–H and O–H groups in total. The molecular formula is C16H28N4O5. The van der Waals surface area contributed by atoms with Crippen molar-refractivity contribution in [3.8, 4) is 0 Å². The van der Waals surface area contributed by atoms with E-state index >= 15 is 0 Å². The molecule has 1 aliphatic heterocycles. The summed E-state index contributed by atoms with van der Waals surface area (Å²) in [6, 6.07) is -2.06. The van der Waals surface area contributed by atoms with Crippen LogP contribution in [0.1, 0.15) is 40.0 Å². The van der Waals surface area contributed by atoms with Gasteiger partial charge in [0.2, 0.25) is 17.7 Å². The van der Waals surface area contributed by atoms with Gasteiger partial charge in [0, 0.05) is 0 Å². The first-order chi connectivity index (χ1) is 11.7. The molecular weight excluding hydrogens is 328 g/mol. The van der Waals surface area contributed by atoms with E-state index in [4.69, 9.17) is 5.11 Å². The van der Waals surface area contributed by atoms with Gasteiger partial charge in [0.05, 0.1) is 12.6 Å². The van der Waals surface area contributed by atoms with Crippen molar-refractivity contribution >= 4 is 23.7 Å². The number of amides is 3. The molecule has 0 bridgehead atoms. The largest absolute Gasteiger partial charge is 0.480 e. The highest BCUT2D eigenvalue weighted by Gasteiger charge is 2.25. The van der Waals surface area contributed by atoms with Gasteiger partial charge in [0.1, 0.15) is 12.1 Å². The lowest BCUT2D eigenvalue weighted by molar-refractivity contribution is -0.142. The predicted octanol–water partition coefficient (Wildman–Crippen LogP) is -1.03. The summed E-state index contributed by atoms with van der Waals surface area (Å²) in [5.74, 6) is -2.34. The molecule has 0 radical (unpaired) electrons. The van der Waals surface area contributed by atoms with Gasteiger partial charge >= 0.3 is 5.97 Å². The van der Waals surface area contributed by atoms with Crippen molar-refractivity contribution in [1.29, 1.82) is 0 Å². The van der Waals surface area contributed by atoms with Gasteiger partial charge in [-0.05, 0) is 38.6 Å². The molecule has 0 aromatic heterocycles. The molecule has 9 nitrogen and oxygen atoms in total. The lowest BCUT2D eigenvalue weighted by Gasteiger charge is -2.18. The minimum atomic E-state index is -1.11. The number of carboxylic acid groups (broad SMARTS) is 1. The molecule has 0 aliphatic carbocycles. The van der Waals surface area contributed by atoms with Gasteiger partial charge in [-0.25, -0.2) is 4.79 Å². The third-order valence-electron chi connectivity index (χ3n) is 3.89. The molecule has 142 valence electrons. The molecule has 3 unspecified atom stereocenters. The van der Waals surface area contributed by atoms with E-state index in [2.05, 4.69) is 21.3 Å². The summed E-state index contributed by atoms with van der Waals surface area (Å²) in [6.45, 7) is 5.67. The van der Waals surface area contributed by atoms with Crippen molar-refractivity contribution in [2.45, 2.75) is 58.2 Å². The van der Waals surface area contributed by atoms with E-state index < -0.39 is 29.9 Å². The van der Waals surface area contributed by atoms with E-state index in [9.17, 15) is 19.2 Å². The third-order valence-corrected chi connectivity index (χ3v) is 3.89. The third kappa shape index (κ3) is 7.51. The Kier molecular flexibility index (Phi) is 8.33. The van der Waals surface area contributed by atoms with Crippen molar-refractivity contribution < 1.29 is 24.3 Å². The van der Waals surface area contributed by atoms with Crippen LogP contribution in [-0.4, -0.2) is 60.0 Å². The quantitative estimate of drug-likeness (QED) is 0.358. The van der Waals surface area contributed by atoms with Crippen molar-refractivity contribution in [2.24, 2.45) is 5.92 Å². The first-order valence-corrected chi connectivity index (χ1v) is 8.54. The normalized spacial score (nSPS) is 19.1. The van der Waals surface area contributed by atoms with Crippen LogP contribution >= 0.6 is 0 Å². The highest BCUT2D eigenvalue weighted by Crippen LogP contribution is 2.05. The number of carbonyl (C=O) groups excluding carboxylic acids is 3. The molecule has 1 fully saturated rings. The van der Waals surface area contributed by atoms with Crippen LogP contribution in [0.2, 0.25) is 0 Å². The summed E-state index contributed by atoms with van der Waals surface area (Å²) >= 11 is 0. The van der Waals surface area contributed by atoms with Gasteiger partial charge in [-0.3, -0.25) is 14.4 Å². The minimum absolute atomic E-state index is 0.107. The van der Waals surface area contributed by atoms with Gasteiger partial charge in [-0.15, -0.1) is 0 Å². The smallest absolute Gasteiger partial charge is 0.326 e. The zero-order valence-corrected chi connectivity index (χ0v) is 14.9. The van der Waals surface area contributed by atoms with Gasteiger partial charge in [-0.2, -0.15) is 0 Å². The number of carboxylic acids is 1. The molecule has 1 heterocycles. The first kappa shape index (κ1) is 20.9. The number of hydrogen-bond acceptors (Lipinski definition) is 5. The molecule has 0 aromatic rings. The van der Waals surface area contributed by atoms with E-state index in [1.165, 1.54) is 6.92 Å². The van der Waals surface area contributed by atoms with E-state index in [0.717, 1.165) is 19.4 Å². The fraction of sp³-hybridized carbons (Fsp3) is 0.750. The van der Waals surface area contributed by atoms with Gasteiger partial charge in [-0.1, -0.05) is 13.8 Å². The molecule has 0 spiro atoms. The summed E-state index contributed by atoms with van der Waals surface area (Å²) in [5, 5.41) is 19.5. The molecule has 3 amide bonds. The number of rotatable bonds is 9. The van der Waals surface area contributed by atoms with Crippen LogP contribution in [0, 0.1) is 5.92 Å². The van der Waals surface area contributed by atoms with Crippen LogP contribution in [0.15, 0.2) is 0 Å². The number of carbonyl (C=O) groups is 4. The lowest BCUT2D eigenvalue weighted by atomic mass is 10.0. The zero-order valence-electron chi connectivity index (χ0n) is 14.9. The van der Waals surface area contributed by atoms with Crippen molar-refractivity contribution in [1.82, 2.24) is 21.3 Å². The Hall–Kier alpha value is -2.16. The van der Waals surface area contributed by atoms with Crippen LogP contribution in [0.5, 0.6) is 0 Å². The maximum Gasteiger partial charge on any atom is 0.326 e. The fourth-order valence-electron chi connectivity index (χ4n) is 2.55. The Morgan fingerprint density at radius 1 is 1.16 bits per heavy atom. The molecule has 0 saturated carbocycles. The number of hydrogen-bond donors (Lipinski definition) is 5. The SMILES string of the molecule is CC(C)CC(NC(=O)CNC(=O)C(C)NC(=O)C1CCCN1)C(=O)O. The fourth-order valence-corrected chi connectivity index (χ4v) is 2.55. The van der Waals surface area contributed by atoms with Crippen LogP contribution < -0.4 is 21.3 Å². The lowest BCUT2D eigenvalue weighted by Crippen LogP contribution is -2.52. The number of aliphatic carboxylic acids is 1. The first-order valence-electron chi connectivity index (χ1n) is 8.54. The Bertz CT molecular complexity index is 503. The van der Waals surface area contributed by atoms with Gasteiger partial charge in [0.15, 0.2) is 0 Å². The average Bonchev–Trinajstić information content (AvgIpc) is 3.05. The molecule has 3 atom stereocenters. The van der Waals surface area contributed by atoms with E-state index in [-0.39, 0.29) is 24.4 Å². The maximum absolute atomic E-state index is 12.0. The number of nitrogens with one attached hydrogen (secondary N) is 4. The van der Waals surface area contributed by atoms with E-state index in [0.29, 0.717) is 6.42 Å². The Balaban J connectivity index is 2.36. The van der Waals surface area contributed by atoms with Crippen LogP contribution in [-0.2, 0) is 19.2 Å². The molecule has 0 aromatic carbocycles. The van der Waals surface area contributed by atoms with E-state index in [1.807, 2.05) is 13.8 Å². The Labute approximate surface area is 147 Å². The summed E-state index contributed by atoms with van der Waals surface area (Å²) < 4.78 is 0. The standard InChI is InChI=1S/C16H28N4O5/c1-9(2)7-12(16(24)25)20-13(21)8-18-14(22)10(3)19-15(23)11-5-4-6-17-11/h9-12,17H,4-8H2,1-3H3,(H,18,22)(H,19,23)(H,20,21)(H,24,25). The molecule has 1 saturated heterocycles. The summed E-state index contributed by atoms with van der Waals surface area (Å²) in [5.41, 5.74) is 0.